The van der Waals surface area contributed by atoms with Crippen LogP contribution >= 0.6 is 0 Å². The molecule has 0 spiro atoms. The van der Waals surface area contributed by atoms with Gasteiger partial charge >= 0.3 is 11.4 Å². The van der Waals surface area contributed by atoms with Crippen molar-refractivity contribution in [1.29, 1.82) is 0 Å². The fraction of sp³-hybridized carbons (Fsp3) is 0.333. The van der Waals surface area contributed by atoms with Crippen molar-refractivity contribution in [3.63, 3.8) is 0 Å². The van der Waals surface area contributed by atoms with Gasteiger partial charge in [0.1, 0.15) is 12.4 Å². The maximum absolute atomic E-state index is 14.3. The molecule has 242 valence electrons. The second-order valence-electron chi connectivity index (χ2n) is 12.1. The average molecular weight is 643 g/mol. The number of amides is 2. The van der Waals surface area contributed by atoms with E-state index in [1.54, 1.807) is 30.3 Å². The molecular formula is C33H30N4O10. The summed E-state index contributed by atoms with van der Waals surface area (Å²) < 4.78 is 5.82. The van der Waals surface area contributed by atoms with E-state index < -0.39 is 56.7 Å². The molecule has 2 amide bonds. The Bertz CT molecular complexity index is 1860. The molecule has 0 radical (unpaired) electrons. The predicted octanol–water partition coefficient (Wildman–Crippen LogP) is 3.57. The largest absolute Gasteiger partial charge is 0.491 e. The van der Waals surface area contributed by atoms with E-state index in [0.29, 0.717) is 16.9 Å². The van der Waals surface area contributed by atoms with Gasteiger partial charge in [-0.1, -0.05) is 29.8 Å². The van der Waals surface area contributed by atoms with Crippen molar-refractivity contribution in [1.82, 2.24) is 0 Å². The van der Waals surface area contributed by atoms with Crippen LogP contribution in [-0.2, 0) is 19.2 Å². The lowest BCUT2D eigenvalue weighted by Gasteiger charge is -2.42. The van der Waals surface area contributed by atoms with E-state index in [0.717, 1.165) is 17.0 Å². The van der Waals surface area contributed by atoms with Gasteiger partial charge in [0.15, 0.2) is 17.3 Å². The third-order valence-corrected chi connectivity index (χ3v) is 9.29. The SMILES string of the molecule is CC1=CC(=O)C2=C(CC3C(=CCC4C(=O)N(c5cc([N+](=O)[O-])c(N(C)C)c([N+](=O)[O-])c5)C(=O)C43)C2c2ccccc2OCCO)C1=O. The van der Waals surface area contributed by atoms with E-state index >= 15 is 0 Å². The van der Waals surface area contributed by atoms with E-state index in [-0.39, 0.29) is 65.7 Å². The number of ketones is 2. The molecule has 14 heteroatoms. The molecule has 1 fully saturated rings. The van der Waals surface area contributed by atoms with Gasteiger partial charge in [-0.05, 0) is 37.8 Å². The number of nitro groups is 2. The Morgan fingerprint density at radius 3 is 2.28 bits per heavy atom. The van der Waals surface area contributed by atoms with Crippen molar-refractivity contribution in [2.24, 2.45) is 17.8 Å². The van der Waals surface area contributed by atoms with E-state index in [9.17, 15) is 44.5 Å². The van der Waals surface area contributed by atoms with Gasteiger partial charge in [0.2, 0.25) is 11.8 Å². The van der Waals surface area contributed by atoms with Gasteiger partial charge in [-0.25, -0.2) is 4.90 Å². The number of aliphatic hydroxyl groups excluding tert-OH is 1. The van der Waals surface area contributed by atoms with Gasteiger partial charge in [-0.15, -0.1) is 0 Å². The second-order valence-corrected chi connectivity index (χ2v) is 12.1. The predicted molar refractivity (Wildman–Crippen MR) is 167 cm³/mol. The third-order valence-electron chi connectivity index (χ3n) is 9.29. The standard InChI is InChI=1S/C33H30N4O10/c1-16-12-25(39)29-22(31(16)40)15-21-18(27(29)19-6-4-5-7-26(19)47-11-10-38)8-9-20-28(21)33(42)35(32(20)41)17-13-23(36(43)44)30(34(2)3)24(14-17)37(45)46/h4-8,12-14,20-21,27-28,38H,9-11,15H2,1-3H3. The van der Waals surface area contributed by atoms with Crippen LogP contribution in [0.4, 0.5) is 22.7 Å². The summed E-state index contributed by atoms with van der Waals surface area (Å²) in [6, 6.07) is 8.88. The Morgan fingerprint density at radius 2 is 1.66 bits per heavy atom. The number of ether oxygens (including phenoxy) is 1. The smallest absolute Gasteiger partial charge is 0.301 e. The van der Waals surface area contributed by atoms with E-state index in [1.165, 1.54) is 32.0 Å². The third kappa shape index (κ3) is 4.92. The summed E-state index contributed by atoms with van der Waals surface area (Å²) in [6.07, 6.45) is 3.19. The molecule has 0 saturated carbocycles. The summed E-state index contributed by atoms with van der Waals surface area (Å²) in [5, 5.41) is 33.5. The first-order chi connectivity index (χ1) is 22.4. The van der Waals surface area contributed by atoms with Crippen molar-refractivity contribution in [2.75, 3.05) is 37.1 Å². The molecule has 47 heavy (non-hydrogen) atoms. The van der Waals surface area contributed by atoms with Crippen LogP contribution in [0.15, 0.2) is 70.8 Å². The van der Waals surface area contributed by atoms with Crippen molar-refractivity contribution in [2.45, 2.75) is 25.7 Å². The Balaban J connectivity index is 1.49. The molecule has 3 aliphatic carbocycles. The van der Waals surface area contributed by atoms with Gasteiger partial charge in [-0.2, -0.15) is 0 Å². The zero-order chi connectivity index (χ0) is 33.9. The van der Waals surface area contributed by atoms with Crippen LogP contribution in [-0.4, -0.2) is 65.6 Å². The van der Waals surface area contributed by atoms with E-state index in [1.807, 2.05) is 0 Å². The van der Waals surface area contributed by atoms with Gasteiger partial charge in [0, 0.05) is 54.4 Å². The summed E-state index contributed by atoms with van der Waals surface area (Å²) in [4.78, 5) is 79.8. The zero-order valence-electron chi connectivity index (χ0n) is 25.7. The molecular weight excluding hydrogens is 612 g/mol. The van der Waals surface area contributed by atoms with Crippen molar-refractivity contribution < 1.29 is 38.9 Å². The summed E-state index contributed by atoms with van der Waals surface area (Å²) >= 11 is 0. The topological polar surface area (TPSA) is 190 Å². The molecule has 6 rings (SSSR count). The van der Waals surface area contributed by atoms with Crippen LogP contribution in [0.2, 0.25) is 0 Å². The van der Waals surface area contributed by atoms with E-state index in [4.69, 9.17) is 4.74 Å². The Labute approximate surface area is 267 Å². The van der Waals surface area contributed by atoms with Crippen LogP contribution in [0.3, 0.4) is 0 Å². The lowest BCUT2D eigenvalue weighted by molar-refractivity contribution is -0.392. The van der Waals surface area contributed by atoms with Crippen molar-refractivity contribution in [3.05, 3.63) is 96.6 Å². The van der Waals surface area contributed by atoms with Crippen LogP contribution in [0.25, 0.3) is 0 Å². The number of para-hydroxylation sites is 1. The highest BCUT2D eigenvalue weighted by Gasteiger charge is 2.57. The minimum atomic E-state index is -1.01. The summed E-state index contributed by atoms with van der Waals surface area (Å²) in [6.45, 7) is 1.25. The number of rotatable bonds is 8. The molecule has 4 unspecified atom stereocenters. The maximum atomic E-state index is 14.3. The lowest BCUT2D eigenvalue weighted by Crippen LogP contribution is -2.40. The number of anilines is 2. The first-order valence-electron chi connectivity index (χ1n) is 14.9. The summed E-state index contributed by atoms with van der Waals surface area (Å²) in [5.74, 6) is -5.10. The monoisotopic (exact) mass is 642 g/mol. The van der Waals surface area contributed by atoms with Crippen LogP contribution in [0, 0.1) is 38.0 Å². The molecule has 2 aromatic rings. The van der Waals surface area contributed by atoms with Gasteiger partial charge in [-0.3, -0.25) is 39.4 Å². The number of carbonyl (C=O) groups excluding carboxylic acids is 4. The number of benzene rings is 2. The van der Waals surface area contributed by atoms with Crippen LogP contribution < -0.4 is 14.5 Å². The molecule has 2 aromatic carbocycles. The number of Topliss-reactive ketones (excluding diaryl/α,β-unsaturated/α-hetero) is 1. The highest BCUT2D eigenvalue weighted by molar-refractivity contribution is 6.25. The fourth-order valence-corrected chi connectivity index (χ4v) is 7.45. The highest BCUT2D eigenvalue weighted by Crippen LogP contribution is 2.56. The molecule has 1 heterocycles. The molecule has 1 saturated heterocycles. The van der Waals surface area contributed by atoms with Crippen LogP contribution in [0.1, 0.15) is 31.2 Å². The Hall–Kier alpha value is -5.50. The number of allylic oxidation sites excluding steroid dienone is 6. The van der Waals surface area contributed by atoms with Gasteiger partial charge < -0.3 is 14.7 Å². The number of nitro benzene ring substituents is 2. The number of hydrogen-bond acceptors (Lipinski definition) is 11. The second kappa shape index (κ2) is 11.7. The normalized spacial score (nSPS) is 23.5. The van der Waals surface area contributed by atoms with Crippen molar-refractivity contribution >= 4 is 46.1 Å². The number of nitrogens with zero attached hydrogens (tertiary/aromatic N) is 4. The lowest BCUT2D eigenvalue weighted by atomic mass is 9.59. The number of fused-ring (bicyclic) bond motifs is 3. The molecule has 14 nitrogen and oxygen atoms in total. The maximum Gasteiger partial charge on any atom is 0.301 e. The number of carbonyl (C=O) groups is 4. The first-order valence-corrected chi connectivity index (χ1v) is 14.9. The molecule has 1 aliphatic heterocycles. The molecule has 0 aromatic heterocycles. The number of aliphatic hydroxyl groups is 1. The zero-order valence-corrected chi connectivity index (χ0v) is 25.7. The number of imide groups is 1. The quantitative estimate of drug-likeness (QED) is 0.146. The Morgan fingerprint density at radius 1 is 1.00 bits per heavy atom. The molecule has 4 aliphatic rings. The van der Waals surface area contributed by atoms with Crippen molar-refractivity contribution in [3.8, 4) is 5.75 Å². The summed E-state index contributed by atoms with van der Waals surface area (Å²) in [7, 11) is 2.82. The van der Waals surface area contributed by atoms with Gasteiger partial charge in [0.25, 0.3) is 0 Å². The molecule has 4 atom stereocenters. The first kappa shape index (κ1) is 31.5. The number of hydrogen-bond donors (Lipinski definition) is 1. The van der Waals surface area contributed by atoms with Gasteiger partial charge in [0.05, 0.1) is 34.0 Å². The molecule has 0 bridgehead atoms. The van der Waals surface area contributed by atoms with E-state index in [2.05, 4.69) is 0 Å². The Kier molecular flexibility index (Phi) is 7.83. The summed E-state index contributed by atoms with van der Waals surface area (Å²) in [5.41, 5.74) is 0.0813. The minimum Gasteiger partial charge on any atom is -0.491 e. The van der Waals surface area contributed by atoms with Crippen LogP contribution in [0.5, 0.6) is 5.75 Å². The minimum absolute atomic E-state index is 0.000966. The highest BCUT2D eigenvalue weighted by atomic mass is 16.6. The molecule has 1 N–H and O–H groups in total. The average Bonchev–Trinajstić information content (AvgIpc) is 3.30. The fourth-order valence-electron chi connectivity index (χ4n) is 7.45.